The third-order valence-corrected chi connectivity index (χ3v) is 11.4. The second-order valence-electron chi connectivity index (χ2n) is 16.7. The average molecular weight is 657 g/mol. The number of anilines is 2. The third kappa shape index (κ3) is 4.43. The minimum Gasteiger partial charge on any atom is -0.376 e. The summed E-state index contributed by atoms with van der Waals surface area (Å²) in [5, 5.41) is 5.15. The van der Waals surface area contributed by atoms with E-state index in [9.17, 15) is 0 Å². The summed E-state index contributed by atoms with van der Waals surface area (Å²) in [5.74, 6) is 0. The molecule has 246 valence electrons. The maximum absolute atomic E-state index is 2.63. The van der Waals surface area contributed by atoms with Gasteiger partial charge < -0.3 is 9.38 Å². The number of para-hydroxylation sites is 1. The van der Waals surface area contributed by atoms with Crippen LogP contribution in [0.1, 0.15) is 52.7 Å². The Morgan fingerprint density at radius 2 is 1.18 bits per heavy atom. The molecule has 0 spiro atoms. The van der Waals surface area contributed by atoms with Gasteiger partial charge in [0.2, 0.25) is 0 Å². The lowest BCUT2D eigenvalue weighted by molar-refractivity contribution is 0.590. The van der Waals surface area contributed by atoms with Crippen molar-refractivity contribution in [1.29, 1.82) is 0 Å². The number of aromatic nitrogens is 1. The largest absolute Gasteiger partial charge is 0.376 e. The molecule has 0 amide bonds. The van der Waals surface area contributed by atoms with E-state index >= 15 is 0 Å². The Labute approximate surface area is 301 Å². The van der Waals surface area contributed by atoms with Crippen molar-refractivity contribution >= 4 is 61.7 Å². The molecular formula is C48H41BN2. The quantitative estimate of drug-likeness (QED) is 0.168. The molecule has 8 aromatic rings. The van der Waals surface area contributed by atoms with Crippen LogP contribution in [0, 0.1) is 0 Å². The molecule has 3 heteroatoms. The van der Waals surface area contributed by atoms with Crippen LogP contribution >= 0.6 is 0 Å². The number of nitrogens with zero attached hydrogens (tertiary/aromatic N) is 2. The highest BCUT2D eigenvalue weighted by molar-refractivity contribution is 6.93. The van der Waals surface area contributed by atoms with Gasteiger partial charge >= 0.3 is 6.85 Å². The van der Waals surface area contributed by atoms with Gasteiger partial charge in [-0.25, -0.2) is 0 Å². The first-order valence-corrected chi connectivity index (χ1v) is 18.3. The molecule has 10 rings (SSSR count). The SMILES string of the molecule is CC(C)(C)c1ccc(N2B3c4c(cc(-c5ccccc5)cc4-n4c5cc6ccccc6cc5c5cccc3c54)-c3cc(C(C)(C)C)ccc32)cc1. The molecule has 0 unspecified atom stereocenters. The Balaban J connectivity index is 1.37. The van der Waals surface area contributed by atoms with Crippen molar-refractivity contribution in [2.24, 2.45) is 0 Å². The first-order valence-electron chi connectivity index (χ1n) is 18.3. The van der Waals surface area contributed by atoms with Gasteiger partial charge in [0.1, 0.15) is 0 Å². The zero-order chi connectivity index (χ0) is 34.8. The zero-order valence-corrected chi connectivity index (χ0v) is 30.3. The van der Waals surface area contributed by atoms with Gasteiger partial charge in [0.05, 0.1) is 11.0 Å². The summed E-state index contributed by atoms with van der Waals surface area (Å²) in [4.78, 5) is 2.63. The van der Waals surface area contributed by atoms with Crippen molar-refractivity contribution in [3.8, 4) is 27.9 Å². The smallest absolute Gasteiger partial charge is 0.333 e. The lowest BCUT2D eigenvalue weighted by Gasteiger charge is -2.43. The molecule has 0 bridgehead atoms. The van der Waals surface area contributed by atoms with E-state index < -0.39 is 0 Å². The van der Waals surface area contributed by atoms with Crippen molar-refractivity contribution in [3.63, 3.8) is 0 Å². The van der Waals surface area contributed by atoms with E-state index in [1.54, 1.807) is 0 Å². The average Bonchev–Trinajstić information content (AvgIpc) is 3.45. The second kappa shape index (κ2) is 10.5. The predicted molar refractivity (Wildman–Crippen MR) is 220 cm³/mol. The van der Waals surface area contributed by atoms with Crippen molar-refractivity contribution in [2.75, 3.05) is 4.81 Å². The first-order chi connectivity index (χ1) is 24.6. The highest BCUT2D eigenvalue weighted by Crippen LogP contribution is 2.47. The van der Waals surface area contributed by atoms with Gasteiger partial charge in [-0.05, 0) is 109 Å². The van der Waals surface area contributed by atoms with Crippen LogP contribution in [0.5, 0.6) is 0 Å². The molecule has 0 saturated carbocycles. The molecular weight excluding hydrogens is 615 g/mol. The van der Waals surface area contributed by atoms with Crippen LogP contribution in [0.3, 0.4) is 0 Å². The van der Waals surface area contributed by atoms with Gasteiger partial charge in [-0.15, -0.1) is 0 Å². The van der Waals surface area contributed by atoms with Gasteiger partial charge in [-0.1, -0.05) is 133 Å². The predicted octanol–water partition coefficient (Wildman–Crippen LogP) is 11.4. The van der Waals surface area contributed by atoms with Crippen molar-refractivity contribution in [3.05, 3.63) is 151 Å². The van der Waals surface area contributed by atoms with Crippen LogP contribution < -0.4 is 15.7 Å². The fourth-order valence-electron chi connectivity index (χ4n) is 8.78. The normalized spacial score (nSPS) is 13.6. The summed E-state index contributed by atoms with van der Waals surface area (Å²) in [6.45, 7) is 13.9. The molecule has 51 heavy (non-hydrogen) atoms. The van der Waals surface area contributed by atoms with E-state index in [4.69, 9.17) is 0 Å². The van der Waals surface area contributed by atoms with Crippen LogP contribution in [0.4, 0.5) is 11.4 Å². The maximum Gasteiger partial charge on any atom is 0.333 e. The van der Waals surface area contributed by atoms with E-state index in [1.165, 1.54) is 93.9 Å². The van der Waals surface area contributed by atoms with Gasteiger partial charge in [-0.2, -0.15) is 0 Å². The summed E-state index contributed by atoms with van der Waals surface area (Å²) in [6, 6.07) is 53.0. The van der Waals surface area contributed by atoms with Crippen molar-refractivity contribution in [1.82, 2.24) is 4.57 Å². The topological polar surface area (TPSA) is 8.17 Å². The highest BCUT2D eigenvalue weighted by Gasteiger charge is 2.44. The first kappa shape index (κ1) is 30.3. The summed E-state index contributed by atoms with van der Waals surface area (Å²) in [5.41, 5.74) is 16.9. The monoisotopic (exact) mass is 656 g/mol. The maximum atomic E-state index is 2.63. The van der Waals surface area contributed by atoms with Gasteiger partial charge in [0.25, 0.3) is 0 Å². The van der Waals surface area contributed by atoms with Crippen LogP contribution in [0.25, 0.3) is 60.5 Å². The standard InChI is InChI=1S/C48H41BN2/c1-47(2,3)34-19-22-36(23-20-34)51-42-24-21-35(48(4,5)6)29-39(42)40-26-33(30-13-8-7-9-14-30)28-44-45(40)49(51)41-18-12-17-37-38-25-31-15-10-11-16-32(31)27-43(38)50(44)46(37)41/h7-29H,1-6H3. The Bertz CT molecular complexity index is 2700. The fraction of sp³-hybridized carbons (Fsp3) is 0.167. The summed E-state index contributed by atoms with van der Waals surface area (Å²) >= 11 is 0. The molecule has 0 N–H and O–H groups in total. The second-order valence-corrected chi connectivity index (χ2v) is 16.7. The van der Waals surface area contributed by atoms with Gasteiger partial charge in [0, 0.05) is 33.4 Å². The van der Waals surface area contributed by atoms with Crippen LogP contribution in [-0.4, -0.2) is 11.4 Å². The number of rotatable bonds is 2. The molecule has 0 atom stereocenters. The van der Waals surface area contributed by atoms with E-state index in [0.717, 1.165) is 0 Å². The number of fused-ring (bicyclic) bond motifs is 8. The Morgan fingerprint density at radius 3 is 1.90 bits per heavy atom. The lowest BCUT2D eigenvalue weighted by atomic mass is 9.44. The van der Waals surface area contributed by atoms with Crippen molar-refractivity contribution < 1.29 is 0 Å². The van der Waals surface area contributed by atoms with Crippen LogP contribution in [0.2, 0.25) is 0 Å². The molecule has 3 heterocycles. The summed E-state index contributed by atoms with van der Waals surface area (Å²) in [7, 11) is 0. The van der Waals surface area contributed by atoms with Crippen molar-refractivity contribution in [2.45, 2.75) is 52.4 Å². The van der Waals surface area contributed by atoms with E-state index in [2.05, 4.69) is 190 Å². The number of hydrogen-bond acceptors (Lipinski definition) is 1. The lowest BCUT2D eigenvalue weighted by Crippen LogP contribution is -2.60. The molecule has 0 fully saturated rings. The van der Waals surface area contributed by atoms with Crippen LogP contribution in [0.15, 0.2) is 140 Å². The van der Waals surface area contributed by atoms with Crippen LogP contribution in [-0.2, 0) is 10.8 Å². The van der Waals surface area contributed by atoms with Gasteiger partial charge in [-0.3, -0.25) is 0 Å². The Kier molecular flexibility index (Phi) is 6.24. The zero-order valence-electron chi connectivity index (χ0n) is 30.3. The summed E-state index contributed by atoms with van der Waals surface area (Å²) in [6.07, 6.45) is 0. The molecule has 0 saturated heterocycles. The highest BCUT2D eigenvalue weighted by atomic mass is 15.1. The molecule has 7 aromatic carbocycles. The van der Waals surface area contributed by atoms with E-state index in [0.29, 0.717) is 0 Å². The van der Waals surface area contributed by atoms with E-state index in [1.807, 2.05) is 0 Å². The summed E-state index contributed by atoms with van der Waals surface area (Å²) < 4.78 is 2.59. The molecule has 2 nitrogen and oxygen atoms in total. The minimum absolute atomic E-state index is 0.00299. The fourth-order valence-corrected chi connectivity index (χ4v) is 8.78. The Morgan fingerprint density at radius 1 is 0.490 bits per heavy atom. The minimum atomic E-state index is 0.00299. The van der Waals surface area contributed by atoms with Gasteiger partial charge in [0.15, 0.2) is 0 Å². The molecule has 2 aliphatic heterocycles. The molecule has 2 aliphatic rings. The number of benzene rings is 7. The molecule has 0 radical (unpaired) electrons. The molecule has 0 aliphatic carbocycles. The third-order valence-electron chi connectivity index (χ3n) is 11.4. The molecule has 1 aromatic heterocycles. The number of hydrogen-bond donors (Lipinski definition) is 0. The Hall–Kier alpha value is -5.54. The van der Waals surface area contributed by atoms with E-state index in [-0.39, 0.29) is 17.7 Å².